The number of amides is 1. The summed E-state index contributed by atoms with van der Waals surface area (Å²) in [6.45, 7) is 4.24. The van der Waals surface area contributed by atoms with Crippen LogP contribution >= 0.6 is 0 Å². The average molecular weight is 429 g/mol. The smallest absolute Gasteiger partial charge is 0.226 e. The van der Waals surface area contributed by atoms with Crippen LogP contribution < -0.4 is 14.2 Å². The maximum absolute atomic E-state index is 13.5. The van der Waals surface area contributed by atoms with Gasteiger partial charge >= 0.3 is 0 Å². The van der Waals surface area contributed by atoms with Crippen LogP contribution in [0.2, 0.25) is 0 Å². The lowest BCUT2D eigenvalue weighted by molar-refractivity contribution is -0.150. The third kappa shape index (κ3) is 3.77. The van der Waals surface area contributed by atoms with Gasteiger partial charge in [0.2, 0.25) is 11.7 Å². The topological polar surface area (TPSA) is 51.2 Å². The molecule has 4 bridgehead atoms. The summed E-state index contributed by atoms with van der Waals surface area (Å²) in [6, 6.07) is 3.98. The van der Waals surface area contributed by atoms with Gasteiger partial charge in [0.15, 0.2) is 11.5 Å². The molecule has 31 heavy (non-hydrogen) atoms. The highest BCUT2D eigenvalue weighted by Crippen LogP contribution is 2.56. The van der Waals surface area contributed by atoms with Crippen LogP contribution in [0.1, 0.15) is 37.7 Å². The van der Waals surface area contributed by atoms with E-state index < -0.39 is 0 Å². The number of ether oxygens (including phenoxy) is 3. The highest BCUT2D eigenvalue weighted by atomic mass is 16.5. The number of benzene rings is 1. The number of nitrogens with zero attached hydrogens (tertiary/aromatic N) is 2. The Hall–Kier alpha value is -1.95. The van der Waals surface area contributed by atoms with E-state index in [9.17, 15) is 4.79 Å². The molecule has 1 aromatic carbocycles. The van der Waals surface area contributed by atoms with E-state index in [0.717, 1.165) is 55.9 Å². The number of carbonyl (C=O) groups excluding carboxylic acids is 1. The van der Waals surface area contributed by atoms with E-state index in [4.69, 9.17) is 14.2 Å². The van der Waals surface area contributed by atoms with Crippen molar-refractivity contribution in [3.63, 3.8) is 0 Å². The summed E-state index contributed by atoms with van der Waals surface area (Å²) < 4.78 is 16.6. The van der Waals surface area contributed by atoms with E-state index in [1.807, 2.05) is 12.1 Å². The van der Waals surface area contributed by atoms with E-state index in [1.165, 1.54) is 32.1 Å². The third-order valence-electron chi connectivity index (χ3n) is 8.38. The maximum atomic E-state index is 13.5. The van der Waals surface area contributed by atoms with Crippen molar-refractivity contribution in [2.45, 2.75) is 38.6 Å². The summed E-state index contributed by atoms with van der Waals surface area (Å²) in [5.41, 5.74) is 1.08. The van der Waals surface area contributed by atoms with Crippen LogP contribution in [0.4, 0.5) is 0 Å². The first-order valence-corrected chi connectivity index (χ1v) is 11.9. The van der Waals surface area contributed by atoms with Gasteiger partial charge in [-0.05, 0) is 61.8 Å². The minimum absolute atomic E-state index is 0.310. The zero-order chi connectivity index (χ0) is 21.5. The number of hydrogen-bond donors (Lipinski definition) is 0. The molecule has 1 aliphatic heterocycles. The van der Waals surface area contributed by atoms with E-state index in [-0.39, 0.29) is 0 Å². The van der Waals surface area contributed by atoms with Crippen molar-refractivity contribution in [2.24, 2.45) is 29.6 Å². The summed E-state index contributed by atoms with van der Waals surface area (Å²) in [6.07, 6.45) is 6.67. The molecule has 0 spiro atoms. The molecule has 6 rings (SSSR count). The highest BCUT2D eigenvalue weighted by Gasteiger charge is 2.51. The molecule has 0 aromatic heterocycles. The number of hydrogen-bond acceptors (Lipinski definition) is 5. The monoisotopic (exact) mass is 428 g/mol. The average Bonchev–Trinajstić information content (AvgIpc) is 2.78. The Labute approximate surface area is 185 Å². The van der Waals surface area contributed by atoms with E-state index in [0.29, 0.717) is 35.2 Å². The second kappa shape index (κ2) is 8.53. The van der Waals surface area contributed by atoms with E-state index >= 15 is 0 Å². The molecule has 1 aromatic rings. The molecule has 1 heterocycles. The van der Waals surface area contributed by atoms with Crippen molar-refractivity contribution in [3.05, 3.63) is 17.7 Å². The second-order valence-electron chi connectivity index (χ2n) is 10.1. The van der Waals surface area contributed by atoms with Crippen LogP contribution in [0.5, 0.6) is 17.2 Å². The number of carbonyl (C=O) groups is 1. The Bertz CT molecular complexity index is 790. The van der Waals surface area contributed by atoms with Gasteiger partial charge < -0.3 is 19.1 Å². The van der Waals surface area contributed by atoms with Gasteiger partial charge in [-0.1, -0.05) is 6.07 Å². The Morgan fingerprint density at radius 1 is 0.839 bits per heavy atom. The molecule has 1 amide bonds. The van der Waals surface area contributed by atoms with Crippen LogP contribution in [-0.4, -0.2) is 63.2 Å². The fraction of sp³-hybridized carbons (Fsp3) is 0.720. The van der Waals surface area contributed by atoms with Gasteiger partial charge in [0.05, 0.1) is 21.3 Å². The molecule has 6 heteroatoms. The van der Waals surface area contributed by atoms with Gasteiger partial charge in [-0.3, -0.25) is 9.69 Å². The quantitative estimate of drug-likeness (QED) is 0.695. The molecule has 4 saturated carbocycles. The van der Waals surface area contributed by atoms with Gasteiger partial charge in [0.1, 0.15) is 0 Å². The first-order valence-electron chi connectivity index (χ1n) is 11.9. The normalized spacial score (nSPS) is 32.2. The summed E-state index contributed by atoms with van der Waals surface area (Å²) in [5.74, 6) is 5.97. The summed E-state index contributed by atoms with van der Waals surface area (Å²) in [5, 5.41) is 0. The Kier molecular flexibility index (Phi) is 5.76. The molecular formula is C25H36N2O4. The Morgan fingerprint density at radius 3 is 2.00 bits per heavy atom. The zero-order valence-corrected chi connectivity index (χ0v) is 19.1. The van der Waals surface area contributed by atoms with Crippen LogP contribution in [-0.2, 0) is 11.3 Å². The zero-order valence-electron chi connectivity index (χ0n) is 19.1. The van der Waals surface area contributed by atoms with Crippen molar-refractivity contribution in [2.75, 3.05) is 47.5 Å². The maximum Gasteiger partial charge on any atom is 0.226 e. The largest absolute Gasteiger partial charge is 0.493 e. The van der Waals surface area contributed by atoms with Gasteiger partial charge in [0.25, 0.3) is 0 Å². The number of methoxy groups -OCH3 is 3. The number of rotatable bonds is 6. The van der Waals surface area contributed by atoms with Gasteiger partial charge in [-0.2, -0.15) is 0 Å². The minimum atomic E-state index is 0.310. The minimum Gasteiger partial charge on any atom is -0.493 e. The van der Waals surface area contributed by atoms with Gasteiger partial charge in [0, 0.05) is 44.2 Å². The molecule has 5 fully saturated rings. The first-order chi connectivity index (χ1) is 15.1. The lowest BCUT2D eigenvalue weighted by Gasteiger charge is -2.54. The fourth-order valence-electron chi connectivity index (χ4n) is 7.19. The van der Waals surface area contributed by atoms with Crippen molar-refractivity contribution in [1.82, 2.24) is 9.80 Å². The van der Waals surface area contributed by atoms with Crippen LogP contribution in [0.3, 0.4) is 0 Å². The standard InChI is InChI=1S/C25H36N2O4/c1-29-21-5-4-18(23(30-2)24(21)31-3)15-26-6-8-27(9-7-26)25(28)22-19-11-16-10-17(13-19)14-20(22)12-16/h4-5,16-17,19-20,22H,6-15H2,1-3H3. The lowest BCUT2D eigenvalue weighted by atomic mass is 9.51. The predicted octanol–water partition coefficient (Wildman–Crippen LogP) is 3.43. The van der Waals surface area contributed by atoms with Crippen LogP contribution in [0.15, 0.2) is 12.1 Å². The molecule has 0 unspecified atom stereocenters. The van der Waals surface area contributed by atoms with Gasteiger partial charge in [-0.15, -0.1) is 0 Å². The van der Waals surface area contributed by atoms with Gasteiger partial charge in [-0.25, -0.2) is 0 Å². The number of piperazine rings is 1. The molecule has 170 valence electrons. The molecule has 1 saturated heterocycles. The first kappa shape index (κ1) is 20.9. The summed E-state index contributed by atoms with van der Waals surface area (Å²) in [4.78, 5) is 18.0. The van der Waals surface area contributed by atoms with Crippen molar-refractivity contribution >= 4 is 5.91 Å². The molecular weight excluding hydrogens is 392 g/mol. The Balaban J connectivity index is 1.21. The lowest BCUT2D eigenvalue weighted by Crippen LogP contribution is -2.55. The SMILES string of the molecule is COc1ccc(CN2CCN(C(=O)C3C4CC5CC(C4)CC3C5)CC2)c(OC)c1OC. The second-order valence-corrected chi connectivity index (χ2v) is 10.1. The highest BCUT2D eigenvalue weighted by molar-refractivity contribution is 5.80. The summed E-state index contributed by atoms with van der Waals surface area (Å²) >= 11 is 0. The molecule has 4 aliphatic carbocycles. The molecule has 0 N–H and O–H groups in total. The fourth-order valence-corrected chi connectivity index (χ4v) is 7.19. The van der Waals surface area contributed by atoms with Crippen LogP contribution in [0.25, 0.3) is 0 Å². The molecule has 0 radical (unpaired) electrons. The predicted molar refractivity (Wildman–Crippen MR) is 118 cm³/mol. The molecule has 5 aliphatic rings. The Morgan fingerprint density at radius 2 is 1.45 bits per heavy atom. The molecule has 6 nitrogen and oxygen atoms in total. The van der Waals surface area contributed by atoms with E-state index in [2.05, 4.69) is 9.80 Å². The van der Waals surface area contributed by atoms with E-state index in [1.54, 1.807) is 21.3 Å². The van der Waals surface area contributed by atoms with Crippen LogP contribution in [0, 0.1) is 29.6 Å². The van der Waals surface area contributed by atoms with Crippen molar-refractivity contribution in [1.29, 1.82) is 0 Å². The van der Waals surface area contributed by atoms with Crippen molar-refractivity contribution < 1.29 is 19.0 Å². The summed E-state index contributed by atoms with van der Waals surface area (Å²) in [7, 11) is 4.94. The third-order valence-corrected chi connectivity index (χ3v) is 8.38. The van der Waals surface area contributed by atoms with Crippen molar-refractivity contribution in [3.8, 4) is 17.2 Å². The molecule has 0 atom stereocenters.